The van der Waals surface area contributed by atoms with Gasteiger partial charge < -0.3 is 5.32 Å². The first kappa shape index (κ1) is 21.5. The number of nitrogens with zero attached hydrogens (tertiary/aromatic N) is 1. The number of urea groups is 1. The lowest BCUT2D eigenvalue weighted by Gasteiger charge is -2.28. The molecule has 1 N–H and O–H groups in total. The van der Waals surface area contributed by atoms with Gasteiger partial charge in [-0.1, -0.05) is 79.6 Å². The van der Waals surface area contributed by atoms with Crippen molar-refractivity contribution in [2.75, 3.05) is 11.4 Å². The minimum absolute atomic E-state index is 0.0197. The second kappa shape index (κ2) is 11.1. The predicted molar refractivity (Wildman–Crippen MR) is 130 cm³/mol. The lowest BCUT2D eigenvalue weighted by molar-refractivity contribution is 0.238. The normalized spacial score (nSPS) is 14.2. The molecule has 0 radical (unpaired) electrons. The van der Waals surface area contributed by atoms with E-state index in [2.05, 4.69) is 78.1 Å². The maximum Gasteiger partial charge on any atom is 0.322 e. The molecule has 4 rings (SSSR count). The molecule has 2 amide bonds. The van der Waals surface area contributed by atoms with Gasteiger partial charge in [0.2, 0.25) is 0 Å². The quantitative estimate of drug-likeness (QED) is 0.441. The Kier molecular flexibility index (Phi) is 7.67. The Morgan fingerprint density at radius 3 is 2.10 bits per heavy atom. The number of hydrogen-bond acceptors (Lipinski definition) is 2. The van der Waals surface area contributed by atoms with Crippen molar-refractivity contribution in [1.82, 2.24) is 5.32 Å². The molecule has 0 aliphatic heterocycles. The Labute approximate surface area is 189 Å². The average Bonchev–Trinajstić information content (AvgIpc) is 2.82. The van der Waals surface area contributed by atoms with Gasteiger partial charge in [0, 0.05) is 28.1 Å². The Morgan fingerprint density at radius 1 is 0.806 bits per heavy atom. The van der Waals surface area contributed by atoms with Crippen LogP contribution in [0.3, 0.4) is 0 Å². The summed E-state index contributed by atoms with van der Waals surface area (Å²) in [6.07, 6.45) is 6.71. The van der Waals surface area contributed by atoms with Crippen molar-refractivity contribution in [3.63, 3.8) is 0 Å². The fourth-order valence-corrected chi connectivity index (χ4v) is 4.89. The molecule has 0 unspecified atom stereocenters. The summed E-state index contributed by atoms with van der Waals surface area (Å²) in [7, 11) is 0. The third-order valence-corrected chi connectivity index (χ3v) is 6.79. The van der Waals surface area contributed by atoms with Gasteiger partial charge in [0.25, 0.3) is 0 Å². The van der Waals surface area contributed by atoms with E-state index < -0.39 is 0 Å². The lowest BCUT2D eigenvalue weighted by atomic mass is 9.96. The van der Waals surface area contributed by atoms with E-state index in [0.717, 1.165) is 24.9 Å². The van der Waals surface area contributed by atoms with Crippen LogP contribution in [0, 0.1) is 0 Å². The van der Waals surface area contributed by atoms with Crippen molar-refractivity contribution >= 4 is 23.5 Å². The Bertz CT molecular complexity index is 938. The number of carbonyl (C=O) groups excluding carboxylic acids is 1. The van der Waals surface area contributed by atoms with Crippen LogP contribution in [-0.2, 0) is 6.42 Å². The number of carbonyl (C=O) groups is 1. The van der Waals surface area contributed by atoms with Crippen molar-refractivity contribution in [2.45, 2.75) is 54.4 Å². The van der Waals surface area contributed by atoms with Crippen molar-refractivity contribution in [3.05, 3.63) is 90.5 Å². The SMILES string of the molecule is O=C(NC1CCCCC1)N(CCc1ccccc1)c1ccc(Sc2ccccc2)cc1. The monoisotopic (exact) mass is 430 g/mol. The number of rotatable bonds is 7. The van der Waals surface area contributed by atoms with Gasteiger partial charge in [0.15, 0.2) is 0 Å². The summed E-state index contributed by atoms with van der Waals surface area (Å²) in [5.74, 6) is 0. The van der Waals surface area contributed by atoms with E-state index in [4.69, 9.17) is 0 Å². The van der Waals surface area contributed by atoms with Crippen LogP contribution < -0.4 is 10.2 Å². The fourth-order valence-electron chi connectivity index (χ4n) is 4.05. The topological polar surface area (TPSA) is 32.3 Å². The second-order valence-corrected chi connectivity index (χ2v) is 9.23. The number of benzene rings is 3. The molecule has 3 aromatic rings. The molecule has 31 heavy (non-hydrogen) atoms. The molecule has 4 heteroatoms. The van der Waals surface area contributed by atoms with E-state index in [1.54, 1.807) is 11.8 Å². The lowest BCUT2D eigenvalue weighted by Crippen LogP contribution is -2.46. The first-order valence-electron chi connectivity index (χ1n) is 11.2. The van der Waals surface area contributed by atoms with Crippen molar-refractivity contribution in [2.24, 2.45) is 0 Å². The largest absolute Gasteiger partial charge is 0.335 e. The van der Waals surface area contributed by atoms with Gasteiger partial charge in [-0.05, 0) is 61.2 Å². The van der Waals surface area contributed by atoms with Gasteiger partial charge in [-0.3, -0.25) is 4.90 Å². The number of nitrogens with one attached hydrogen (secondary N) is 1. The fraction of sp³-hybridized carbons (Fsp3) is 0.296. The summed E-state index contributed by atoms with van der Waals surface area (Å²) < 4.78 is 0. The molecule has 0 atom stereocenters. The highest BCUT2D eigenvalue weighted by atomic mass is 32.2. The maximum absolute atomic E-state index is 13.2. The molecule has 0 saturated heterocycles. The molecule has 160 valence electrons. The van der Waals surface area contributed by atoms with Gasteiger partial charge in [-0.15, -0.1) is 0 Å². The van der Waals surface area contributed by atoms with E-state index in [9.17, 15) is 4.79 Å². The molecule has 0 bridgehead atoms. The highest BCUT2D eigenvalue weighted by molar-refractivity contribution is 7.99. The Morgan fingerprint density at radius 2 is 1.42 bits per heavy atom. The summed E-state index contributed by atoms with van der Waals surface area (Å²) in [6, 6.07) is 29.4. The zero-order chi connectivity index (χ0) is 21.3. The Balaban J connectivity index is 1.47. The molecule has 1 aliphatic carbocycles. The van der Waals surface area contributed by atoms with Gasteiger partial charge in [0.05, 0.1) is 0 Å². The minimum Gasteiger partial charge on any atom is -0.335 e. The van der Waals surface area contributed by atoms with Crippen LogP contribution in [0.25, 0.3) is 0 Å². The summed E-state index contributed by atoms with van der Waals surface area (Å²) in [5, 5.41) is 3.29. The van der Waals surface area contributed by atoms with Crippen LogP contribution >= 0.6 is 11.8 Å². The maximum atomic E-state index is 13.2. The van der Waals surface area contributed by atoms with Crippen molar-refractivity contribution in [1.29, 1.82) is 0 Å². The number of hydrogen-bond donors (Lipinski definition) is 1. The van der Waals surface area contributed by atoms with Crippen LogP contribution in [0.5, 0.6) is 0 Å². The van der Waals surface area contributed by atoms with E-state index >= 15 is 0 Å². The van der Waals surface area contributed by atoms with Gasteiger partial charge in [-0.2, -0.15) is 0 Å². The standard InChI is InChI=1S/C27H30N2OS/c30-27(28-23-12-6-2-7-13-23)29(21-20-22-10-4-1-5-11-22)24-16-18-26(19-17-24)31-25-14-8-3-9-15-25/h1,3-5,8-11,14-19,23H,2,6-7,12-13,20-21H2,(H,28,30). The molecule has 1 saturated carbocycles. The van der Waals surface area contributed by atoms with Gasteiger partial charge in [0.1, 0.15) is 0 Å². The first-order valence-corrected chi connectivity index (χ1v) is 12.0. The average molecular weight is 431 g/mol. The van der Waals surface area contributed by atoms with E-state index in [1.807, 2.05) is 17.0 Å². The van der Waals surface area contributed by atoms with Crippen LogP contribution in [0.2, 0.25) is 0 Å². The third kappa shape index (κ3) is 6.38. The highest BCUT2D eigenvalue weighted by Gasteiger charge is 2.21. The molecule has 3 aromatic carbocycles. The zero-order valence-electron chi connectivity index (χ0n) is 17.9. The molecular weight excluding hydrogens is 400 g/mol. The zero-order valence-corrected chi connectivity index (χ0v) is 18.7. The van der Waals surface area contributed by atoms with Crippen molar-refractivity contribution < 1.29 is 4.79 Å². The first-order chi connectivity index (χ1) is 15.3. The summed E-state index contributed by atoms with van der Waals surface area (Å²) >= 11 is 1.74. The van der Waals surface area contributed by atoms with Gasteiger partial charge in [-0.25, -0.2) is 4.79 Å². The summed E-state index contributed by atoms with van der Waals surface area (Å²) in [6.45, 7) is 0.660. The molecular formula is C27H30N2OS. The number of amides is 2. The third-order valence-electron chi connectivity index (χ3n) is 5.77. The van der Waals surface area contributed by atoms with E-state index in [1.165, 1.54) is 34.6 Å². The van der Waals surface area contributed by atoms with Gasteiger partial charge >= 0.3 is 6.03 Å². The Hall–Kier alpha value is -2.72. The molecule has 3 nitrogen and oxygen atoms in total. The van der Waals surface area contributed by atoms with Crippen molar-refractivity contribution in [3.8, 4) is 0 Å². The smallest absolute Gasteiger partial charge is 0.322 e. The van der Waals surface area contributed by atoms with E-state index in [0.29, 0.717) is 12.6 Å². The number of anilines is 1. The predicted octanol–water partition coefficient (Wildman–Crippen LogP) is 6.93. The second-order valence-electron chi connectivity index (χ2n) is 8.08. The minimum atomic E-state index is 0.0197. The molecule has 0 heterocycles. The molecule has 0 spiro atoms. The molecule has 1 aliphatic rings. The molecule has 1 fully saturated rings. The van der Waals surface area contributed by atoms with Crippen LogP contribution in [0.1, 0.15) is 37.7 Å². The molecule has 0 aromatic heterocycles. The highest BCUT2D eigenvalue weighted by Crippen LogP contribution is 2.29. The van der Waals surface area contributed by atoms with E-state index in [-0.39, 0.29) is 6.03 Å². The summed E-state index contributed by atoms with van der Waals surface area (Å²) in [5.41, 5.74) is 2.19. The van der Waals surface area contributed by atoms with Crippen LogP contribution in [0.15, 0.2) is 94.7 Å². The summed E-state index contributed by atoms with van der Waals surface area (Å²) in [4.78, 5) is 17.5. The van der Waals surface area contributed by atoms with Crippen LogP contribution in [-0.4, -0.2) is 18.6 Å². The van der Waals surface area contributed by atoms with Crippen LogP contribution in [0.4, 0.5) is 10.5 Å².